The Morgan fingerprint density at radius 3 is 2.67 bits per heavy atom. The average Bonchev–Trinajstić information content (AvgIpc) is 3.13. The van der Waals surface area contributed by atoms with Crippen molar-refractivity contribution >= 4 is 46.0 Å². The minimum atomic E-state index is -0.361. The molecule has 2 aliphatic rings. The summed E-state index contributed by atoms with van der Waals surface area (Å²) in [5, 5.41) is 0. The van der Waals surface area contributed by atoms with Gasteiger partial charge in [0.1, 0.15) is 5.82 Å². The summed E-state index contributed by atoms with van der Waals surface area (Å²) in [4.78, 5) is 14.5. The van der Waals surface area contributed by atoms with E-state index in [1.54, 1.807) is 12.1 Å². The molecular weight excluding hydrogens is 349 g/mol. The van der Waals surface area contributed by atoms with Gasteiger partial charge in [-0.1, -0.05) is 30.0 Å². The zero-order chi connectivity index (χ0) is 16.7. The van der Waals surface area contributed by atoms with Gasteiger partial charge in [0.2, 0.25) is 6.79 Å². The van der Waals surface area contributed by atoms with Crippen LogP contribution in [0.2, 0.25) is 0 Å². The molecule has 0 atom stereocenters. The molecule has 120 valence electrons. The molecule has 4 rings (SSSR count). The fraction of sp³-hybridized carbons (Fsp3) is 0.0588. The molecule has 2 aliphatic heterocycles. The molecule has 2 heterocycles. The lowest BCUT2D eigenvalue weighted by Crippen LogP contribution is -2.27. The van der Waals surface area contributed by atoms with Gasteiger partial charge < -0.3 is 9.47 Å². The third kappa shape index (κ3) is 2.65. The third-order valence-electron chi connectivity index (χ3n) is 3.57. The van der Waals surface area contributed by atoms with Crippen molar-refractivity contribution in [1.29, 1.82) is 0 Å². The molecule has 0 spiro atoms. The Morgan fingerprint density at radius 2 is 1.88 bits per heavy atom. The zero-order valence-electron chi connectivity index (χ0n) is 12.2. The summed E-state index contributed by atoms with van der Waals surface area (Å²) in [6, 6.07) is 11.1. The number of amides is 1. The number of hydrogen-bond donors (Lipinski definition) is 0. The van der Waals surface area contributed by atoms with Crippen molar-refractivity contribution in [1.82, 2.24) is 0 Å². The van der Waals surface area contributed by atoms with Gasteiger partial charge in [0.05, 0.1) is 10.6 Å². The molecule has 0 aromatic heterocycles. The second-order valence-electron chi connectivity index (χ2n) is 5.11. The molecule has 0 radical (unpaired) electrons. The maximum atomic E-state index is 13.1. The maximum absolute atomic E-state index is 13.1. The number of thioether (sulfide) groups is 1. The summed E-state index contributed by atoms with van der Waals surface area (Å²) in [5.74, 6) is 0.748. The van der Waals surface area contributed by atoms with E-state index in [1.807, 2.05) is 12.1 Å². The fourth-order valence-corrected chi connectivity index (χ4v) is 3.73. The highest BCUT2D eigenvalue weighted by molar-refractivity contribution is 8.27. The van der Waals surface area contributed by atoms with Crippen molar-refractivity contribution in [3.63, 3.8) is 0 Å². The number of halogens is 1. The van der Waals surface area contributed by atoms with E-state index in [0.717, 1.165) is 5.56 Å². The monoisotopic (exact) mass is 359 g/mol. The van der Waals surface area contributed by atoms with Crippen LogP contribution in [0.1, 0.15) is 5.56 Å². The number of benzene rings is 2. The summed E-state index contributed by atoms with van der Waals surface area (Å²) >= 11 is 6.51. The standard InChI is InChI=1S/C17H10FNO3S2/c18-11-2-4-12(5-3-11)19-16(20)15(24-17(19)23)8-10-1-6-13-14(7-10)22-9-21-13/h1-8H,9H2/b15-8+. The Hall–Kier alpha value is -2.38. The van der Waals surface area contributed by atoms with Crippen LogP contribution in [0.4, 0.5) is 10.1 Å². The van der Waals surface area contributed by atoms with Crippen LogP contribution in [0, 0.1) is 5.82 Å². The first-order valence-corrected chi connectivity index (χ1v) is 8.27. The summed E-state index contributed by atoms with van der Waals surface area (Å²) in [5.41, 5.74) is 1.37. The Bertz CT molecular complexity index is 880. The lowest BCUT2D eigenvalue weighted by Gasteiger charge is -2.14. The average molecular weight is 359 g/mol. The molecule has 0 unspecified atom stereocenters. The molecule has 0 bridgehead atoms. The minimum Gasteiger partial charge on any atom is -0.454 e. The highest BCUT2D eigenvalue weighted by Crippen LogP contribution is 2.38. The van der Waals surface area contributed by atoms with Gasteiger partial charge in [0, 0.05) is 0 Å². The van der Waals surface area contributed by atoms with Crippen LogP contribution < -0.4 is 14.4 Å². The molecule has 0 aliphatic carbocycles. The lowest BCUT2D eigenvalue weighted by molar-refractivity contribution is -0.113. The van der Waals surface area contributed by atoms with E-state index in [4.69, 9.17) is 21.7 Å². The highest BCUT2D eigenvalue weighted by atomic mass is 32.2. The fourth-order valence-electron chi connectivity index (χ4n) is 2.43. The van der Waals surface area contributed by atoms with Crippen molar-refractivity contribution in [3.05, 3.63) is 58.8 Å². The van der Waals surface area contributed by atoms with Crippen LogP contribution in [0.15, 0.2) is 47.4 Å². The van der Waals surface area contributed by atoms with Gasteiger partial charge in [-0.25, -0.2) is 4.39 Å². The molecule has 4 nitrogen and oxygen atoms in total. The third-order valence-corrected chi connectivity index (χ3v) is 4.88. The first-order chi connectivity index (χ1) is 11.6. The van der Waals surface area contributed by atoms with Gasteiger partial charge in [0.15, 0.2) is 15.8 Å². The smallest absolute Gasteiger partial charge is 0.270 e. The largest absolute Gasteiger partial charge is 0.454 e. The van der Waals surface area contributed by atoms with Crippen molar-refractivity contribution < 1.29 is 18.7 Å². The first kappa shape index (κ1) is 15.2. The summed E-state index contributed by atoms with van der Waals surface area (Å²) in [6.45, 7) is 0.200. The number of hydrogen-bond acceptors (Lipinski definition) is 5. The van der Waals surface area contributed by atoms with Crippen LogP contribution in [-0.4, -0.2) is 17.0 Å². The van der Waals surface area contributed by atoms with Crippen LogP contribution in [0.3, 0.4) is 0 Å². The van der Waals surface area contributed by atoms with E-state index in [1.165, 1.54) is 40.9 Å². The predicted octanol–water partition coefficient (Wildman–Crippen LogP) is 3.96. The molecule has 24 heavy (non-hydrogen) atoms. The number of carbonyl (C=O) groups excluding carboxylic acids is 1. The number of ether oxygens (including phenoxy) is 2. The topological polar surface area (TPSA) is 38.8 Å². The molecule has 2 aromatic rings. The summed E-state index contributed by atoms with van der Waals surface area (Å²) in [7, 11) is 0. The number of fused-ring (bicyclic) bond motifs is 1. The molecule has 0 N–H and O–H groups in total. The summed E-state index contributed by atoms with van der Waals surface area (Å²) in [6.07, 6.45) is 1.75. The maximum Gasteiger partial charge on any atom is 0.270 e. The number of nitrogens with zero attached hydrogens (tertiary/aromatic N) is 1. The Labute approximate surface area is 146 Å². The Balaban J connectivity index is 1.64. The van der Waals surface area contributed by atoms with Crippen LogP contribution >= 0.6 is 24.0 Å². The minimum absolute atomic E-state index is 0.200. The van der Waals surface area contributed by atoms with Gasteiger partial charge in [-0.3, -0.25) is 9.69 Å². The Morgan fingerprint density at radius 1 is 1.12 bits per heavy atom. The molecule has 0 saturated carbocycles. The molecule has 1 amide bonds. The van der Waals surface area contributed by atoms with Crippen molar-refractivity contribution in [2.45, 2.75) is 0 Å². The Kier molecular flexibility index (Phi) is 3.74. The molecule has 1 fully saturated rings. The molecular formula is C17H10FNO3S2. The molecule has 1 saturated heterocycles. The zero-order valence-corrected chi connectivity index (χ0v) is 13.8. The van der Waals surface area contributed by atoms with E-state index in [9.17, 15) is 9.18 Å². The van der Waals surface area contributed by atoms with Crippen LogP contribution in [-0.2, 0) is 4.79 Å². The number of thiocarbonyl (C=S) groups is 1. The van der Waals surface area contributed by atoms with Gasteiger partial charge in [-0.05, 0) is 48.0 Å². The second-order valence-corrected chi connectivity index (χ2v) is 6.78. The van der Waals surface area contributed by atoms with Crippen molar-refractivity contribution in [3.8, 4) is 11.5 Å². The number of anilines is 1. The number of carbonyl (C=O) groups is 1. The summed E-state index contributed by atoms with van der Waals surface area (Å²) < 4.78 is 24.1. The lowest BCUT2D eigenvalue weighted by atomic mass is 10.2. The molecule has 7 heteroatoms. The van der Waals surface area contributed by atoms with Crippen molar-refractivity contribution in [2.75, 3.05) is 11.7 Å². The second kappa shape index (κ2) is 5.92. The van der Waals surface area contributed by atoms with Gasteiger partial charge in [0.25, 0.3) is 5.91 Å². The van der Waals surface area contributed by atoms with Gasteiger partial charge >= 0.3 is 0 Å². The quantitative estimate of drug-likeness (QED) is 0.599. The van der Waals surface area contributed by atoms with Crippen molar-refractivity contribution in [2.24, 2.45) is 0 Å². The SMILES string of the molecule is O=C1/C(=C\c2ccc3c(c2)OCO3)SC(=S)N1c1ccc(F)cc1. The van der Waals surface area contributed by atoms with E-state index < -0.39 is 0 Å². The van der Waals surface area contributed by atoms with E-state index >= 15 is 0 Å². The van der Waals surface area contributed by atoms with Crippen LogP contribution in [0.5, 0.6) is 11.5 Å². The number of rotatable bonds is 2. The van der Waals surface area contributed by atoms with Gasteiger partial charge in [-0.2, -0.15) is 0 Å². The van der Waals surface area contributed by atoms with Crippen LogP contribution in [0.25, 0.3) is 6.08 Å². The van der Waals surface area contributed by atoms with E-state index in [2.05, 4.69) is 0 Å². The van der Waals surface area contributed by atoms with E-state index in [-0.39, 0.29) is 18.5 Å². The van der Waals surface area contributed by atoms with E-state index in [0.29, 0.717) is 26.4 Å². The first-order valence-electron chi connectivity index (χ1n) is 7.05. The highest BCUT2D eigenvalue weighted by Gasteiger charge is 2.33. The normalized spacial score (nSPS) is 17.9. The molecule has 2 aromatic carbocycles. The predicted molar refractivity (Wildman–Crippen MR) is 94.6 cm³/mol. The van der Waals surface area contributed by atoms with Gasteiger partial charge in [-0.15, -0.1) is 0 Å².